The van der Waals surface area contributed by atoms with Crippen LogP contribution in [0.5, 0.6) is 0 Å². The molecule has 3 rings (SSSR count). The third kappa shape index (κ3) is 3.66. The summed E-state index contributed by atoms with van der Waals surface area (Å²) >= 11 is 1.26. The largest absolute Gasteiger partial charge is 0.337 e. The van der Waals surface area contributed by atoms with Crippen molar-refractivity contribution >= 4 is 17.7 Å². The molecule has 1 fully saturated rings. The quantitative estimate of drug-likeness (QED) is 0.797. The second-order valence-corrected chi connectivity index (χ2v) is 7.46. The van der Waals surface area contributed by atoms with Crippen LogP contribution in [0.4, 0.5) is 0 Å². The van der Waals surface area contributed by atoms with Crippen molar-refractivity contribution < 1.29 is 4.79 Å². The minimum absolute atomic E-state index is 0.162. The molecule has 8 heteroatoms. The highest BCUT2D eigenvalue weighted by atomic mass is 32.2. The number of aryl methyl sites for hydroxylation is 1. The van der Waals surface area contributed by atoms with Crippen molar-refractivity contribution in [2.45, 2.75) is 44.3 Å². The van der Waals surface area contributed by atoms with E-state index in [0.29, 0.717) is 5.16 Å². The highest BCUT2D eigenvalue weighted by molar-refractivity contribution is 7.99. The maximum Gasteiger partial charge on any atom is 0.231 e. The van der Waals surface area contributed by atoms with Crippen LogP contribution in [0, 0.1) is 31.1 Å². The van der Waals surface area contributed by atoms with Gasteiger partial charge in [-0.25, -0.2) is 0 Å². The van der Waals surface area contributed by atoms with Crippen LogP contribution in [-0.4, -0.2) is 37.4 Å². The summed E-state index contributed by atoms with van der Waals surface area (Å²) in [6, 6.07) is 8.16. The summed E-state index contributed by atoms with van der Waals surface area (Å²) in [6.45, 7) is 5.83. The number of amides is 1. The van der Waals surface area contributed by atoms with E-state index in [1.165, 1.54) is 11.8 Å². The third-order valence-electron chi connectivity index (χ3n) is 4.60. The molecule has 1 aliphatic rings. The monoisotopic (exact) mass is 356 g/mol. The number of tetrazole rings is 1. The predicted molar refractivity (Wildman–Crippen MR) is 94.2 cm³/mol. The van der Waals surface area contributed by atoms with Crippen LogP contribution in [0.2, 0.25) is 0 Å². The van der Waals surface area contributed by atoms with Gasteiger partial charge in [-0.2, -0.15) is 9.94 Å². The lowest BCUT2D eigenvalue weighted by molar-refractivity contribution is -0.119. The van der Waals surface area contributed by atoms with Gasteiger partial charge in [0.05, 0.1) is 17.5 Å². The van der Waals surface area contributed by atoms with E-state index < -0.39 is 5.54 Å². The zero-order valence-corrected chi connectivity index (χ0v) is 15.3. The van der Waals surface area contributed by atoms with Crippen LogP contribution in [0.1, 0.15) is 30.9 Å². The smallest absolute Gasteiger partial charge is 0.231 e. The van der Waals surface area contributed by atoms with Crippen molar-refractivity contribution in [2.24, 2.45) is 5.92 Å². The molecule has 2 aromatic rings. The van der Waals surface area contributed by atoms with Gasteiger partial charge >= 0.3 is 0 Å². The Hall–Kier alpha value is -2.40. The lowest BCUT2D eigenvalue weighted by atomic mass is 9.98. The van der Waals surface area contributed by atoms with Crippen molar-refractivity contribution in [3.8, 4) is 11.8 Å². The molecule has 1 aromatic heterocycles. The second kappa shape index (κ2) is 6.84. The number of carbonyl (C=O) groups excluding carboxylic acids is 1. The van der Waals surface area contributed by atoms with E-state index in [-0.39, 0.29) is 17.6 Å². The zero-order chi connectivity index (χ0) is 18.0. The second-order valence-electron chi connectivity index (χ2n) is 6.52. The Kier molecular flexibility index (Phi) is 4.77. The maximum atomic E-state index is 12.3. The van der Waals surface area contributed by atoms with Gasteiger partial charge < -0.3 is 5.32 Å². The highest BCUT2D eigenvalue weighted by Crippen LogP contribution is 2.39. The lowest BCUT2D eigenvalue weighted by Crippen LogP contribution is -2.47. The number of nitriles is 1. The number of thioether (sulfide) groups is 1. The minimum atomic E-state index is -0.781. The Morgan fingerprint density at radius 2 is 2.24 bits per heavy atom. The van der Waals surface area contributed by atoms with E-state index >= 15 is 0 Å². The molecule has 0 spiro atoms. The fourth-order valence-electron chi connectivity index (χ4n) is 2.72. The van der Waals surface area contributed by atoms with Crippen LogP contribution in [0.3, 0.4) is 0 Å². The van der Waals surface area contributed by atoms with Crippen LogP contribution >= 0.6 is 11.8 Å². The normalized spacial score (nSPS) is 16.1. The van der Waals surface area contributed by atoms with E-state index in [1.54, 1.807) is 11.6 Å². The van der Waals surface area contributed by atoms with Crippen molar-refractivity contribution in [2.75, 3.05) is 5.75 Å². The van der Waals surface area contributed by atoms with Gasteiger partial charge in [0.15, 0.2) is 0 Å². The van der Waals surface area contributed by atoms with Gasteiger partial charge in [0.1, 0.15) is 5.54 Å². The molecule has 130 valence electrons. The molecule has 0 aliphatic heterocycles. The maximum absolute atomic E-state index is 12.3. The Labute approximate surface area is 150 Å². The first-order chi connectivity index (χ1) is 11.9. The standard InChI is InChI=1S/C17H20N6OS/c1-11-5-4-6-14(12(11)2)23-16(20-21-22-23)25-9-15(24)19-17(3,10-18)13-7-8-13/h4-6,13H,7-9H2,1-3H3,(H,19,24)/t17-/m1/s1. The summed E-state index contributed by atoms with van der Waals surface area (Å²) in [6.07, 6.45) is 1.98. The van der Waals surface area contributed by atoms with Crippen molar-refractivity contribution in [1.29, 1.82) is 5.26 Å². The Balaban J connectivity index is 1.69. The van der Waals surface area contributed by atoms with Crippen molar-refractivity contribution in [3.05, 3.63) is 29.3 Å². The summed E-state index contributed by atoms with van der Waals surface area (Å²) in [5.41, 5.74) is 2.35. The number of aromatic nitrogens is 4. The molecular formula is C17H20N6OS. The first-order valence-electron chi connectivity index (χ1n) is 8.14. The van der Waals surface area contributed by atoms with Gasteiger partial charge in [-0.1, -0.05) is 23.9 Å². The van der Waals surface area contributed by atoms with Crippen molar-refractivity contribution in [3.63, 3.8) is 0 Å². The van der Waals surface area contributed by atoms with E-state index in [0.717, 1.165) is 29.7 Å². The molecule has 1 N–H and O–H groups in total. The number of benzene rings is 1. The number of rotatable bonds is 6. The Bertz CT molecular complexity index is 838. The molecule has 1 amide bonds. The molecular weight excluding hydrogens is 336 g/mol. The van der Waals surface area contributed by atoms with Crippen LogP contribution in [-0.2, 0) is 4.79 Å². The van der Waals surface area contributed by atoms with Crippen LogP contribution in [0.25, 0.3) is 5.69 Å². The molecule has 0 bridgehead atoms. The van der Waals surface area contributed by atoms with E-state index in [4.69, 9.17) is 0 Å². The zero-order valence-electron chi connectivity index (χ0n) is 14.5. The van der Waals surface area contributed by atoms with Gasteiger partial charge in [-0.15, -0.1) is 5.10 Å². The molecule has 0 saturated heterocycles. The number of carbonyl (C=O) groups is 1. The summed E-state index contributed by atoms with van der Waals surface area (Å²) in [5.74, 6) is 0.234. The summed E-state index contributed by atoms with van der Waals surface area (Å²) in [5, 5.41) is 24.5. The van der Waals surface area contributed by atoms with Gasteiger partial charge in [0.25, 0.3) is 0 Å². The lowest BCUT2D eigenvalue weighted by Gasteiger charge is -2.22. The molecule has 1 heterocycles. The van der Waals surface area contributed by atoms with Crippen molar-refractivity contribution in [1.82, 2.24) is 25.5 Å². The molecule has 0 radical (unpaired) electrons. The minimum Gasteiger partial charge on any atom is -0.337 e. The summed E-state index contributed by atoms with van der Waals surface area (Å²) in [7, 11) is 0. The number of nitrogens with zero attached hydrogens (tertiary/aromatic N) is 5. The Morgan fingerprint density at radius 3 is 2.92 bits per heavy atom. The average molecular weight is 356 g/mol. The number of hydrogen-bond donors (Lipinski definition) is 1. The summed E-state index contributed by atoms with van der Waals surface area (Å²) < 4.78 is 1.64. The van der Waals surface area contributed by atoms with Gasteiger partial charge in [-0.05, 0) is 67.2 Å². The molecule has 7 nitrogen and oxygen atoms in total. The van der Waals surface area contributed by atoms with Crippen LogP contribution < -0.4 is 5.32 Å². The fraction of sp³-hybridized carbons (Fsp3) is 0.471. The first kappa shape index (κ1) is 17.4. The molecule has 25 heavy (non-hydrogen) atoms. The van der Waals surface area contributed by atoms with Crippen LogP contribution in [0.15, 0.2) is 23.4 Å². The SMILES string of the molecule is Cc1cccc(-n2nnnc2SCC(=O)N[C@](C)(C#N)C2CC2)c1C. The third-order valence-corrected chi connectivity index (χ3v) is 5.52. The molecule has 1 aromatic carbocycles. The van der Waals surface area contributed by atoms with Gasteiger partial charge in [0, 0.05) is 0 Å². The van der Waals surface area contributed by atoms with E-state index in [2.05, 4.69) is 26.9 Å². The fourth-order valence-corrected chi connectivity index (χ4v) is 3.41. The number of nitrogens with one attached hydrogen (secondary N) is 1. The highest BCUT2D eigenvalue weighted by Gasteiger charge is 2.42. The molecule has 0 unspecified atom stereocenters. The average Bonchev–Trinajstić information content (AvgIpc) is 3.35. The van der Waals surface area contributed by atoms with E-state index in [9.17, 15) is 10.1 Å². The van der Waals surface area contributed by atoms with Gasteiger partial charge in [0.2, 0.25) is 11.1 Å². The predicted octanol–water partition coefficient (Wildman–Crippen LogP) is 2.18. The van der Waals surface area contributed by atoms with Gasteiger partial charge in [-0.3, -0.25) is 4.79 Å². The first-order valence-corrected chi connectivity index (χ1v) is 9.13. The topological polar surface area (TPSA) is 96.5 Å². The Morgan fingerprint density at radius 1 is 1.48 bits per heavy atom. The molecule has 1 atom stereocenters. The summed E-state index contributed by atoms with van der Waals surface area (Å²) in [4.78, 5) is 12.3. The molecule has 1 aliphatic carbocycles. The number of hydrogen-bond acceptors (Lipinski definition) is 6. The molecule has 1 saturated carbocycles. The van der Waals surface area contributed by atoms with E-state index in [1.807, 2.05) is 32.0 Å².